The number of guanidine groups is 1. The first-order valence-electron chi connectivity index (χ1n) is 10.2. The zero-order valence-corrected chi connectivity index (χ0v) is 17.2. The lowest BCUT2D eigenvalue weighted by Crippen LogP contribution is -2.42. The van der Waals surface area contributed by atoms with Gasteiger partial charge in [-0.2, -0.15) is 0 Å². The van der Waals surface area contributed by atoms with Crippen LogP contribution in [-0.4, -0.2) is 38.1 Å². The first-order valence-corrected chi connectivity index (χ1v) is 10.2. The van der Waals surface area contributed by atoms with E-state index in [9.17, 15) is 4.79 Å². The number of hydrogen-bond donors (Lipinski definition) is 4. The Balaban J connectivity index is 1.50. The summed E-state index contributed by atoms with van der Waals surface area (Å²) >= 11 is 0. The van der Waals surface area contributed by atoms with Crippen molar-refractivity contribution in [1.29, 1.82) is 5.41 Å². The molecule has 0 amide bonds. The SMILES string of the molecule is N=C(Nc1cccnc1)N1CC(=O)c2c([nH]c(-c3ccncc3)c2Nc2ccccc2)C1. The van der Waals surface area contributed by atoms with Crippen LogP contribution in [0.5, 0.6) is 0 Å². The quantitative estimate of drug-likeness (QED) is 0.288. The molecular formula is C24H21N7O. The molecule has 5 rings (SSSR count). The van der Waals surface area contributed by atoms with Gasteiger partial charge in [0.25, 0.3) is 0 Å². The minimum atomic E-state index is -0.0565. The minimum absolute atomic E-state index is 0.0565. The van der Waals surface area contributed by atoms with E-state index in [0.29, 0.717) is 17.8 Å². The number of nitrogens with zero attached hydrogens (tertiary/aromatic N) is 3. The van der Waals surface area contributed by atoms with Crippen LogP contribution in [0.1, 0.15) is 16.1 Å². The van der Waals surface area contributed by atoms with Crippen molar-refractivity contribution in [3.05, 3.63) is 90.6 Å². The van der Waals surface area contributed by atoms with Crippen molar-refractivity contribution in [2.75, 3.05) is 17.2 Å². The van der Waals surface area contributed by atoms with E-state index in [2.05, 4.69) is 25.6 Å². The van der Waals surface area contributed by atoms with Crippen molar-refractivity contribution in [2.45, 2.75) is 6.54 Å². The number of rotatable bonds is 4. The molecule has 0 radical (unpaired) electrons. The number of benzene rings is 1. The molecule has 0 spiro atoms. The maximum absolute atomic E-state index is 13.3. The van der Waals surface area contributed by atoms with Gasteiger partial charge in [0.15, 0.2) is 11.7 Å². The molecular weight excluding hydrogens is 402 g/mol. The standard InChI is InChI=1S/C24H21N7O/c25-24(29-18-7-4-10-27-13-18)31-14-19-21(20(32)15-31)23(28-17-5-2-1-3-6-17)22(30-19)16-8-11-26-12-9-16/h1-13,28,30H,14-15H2,(H2,25,29). The van der Waals surface area contributed by atoms with E-state index in [4.69, 9.17) is 5.41 Å². The van der Waals surface area contributed by atoms with Gasteiger partial charge in [-0.05, 0) is 36.4 Å². The lowest BCUT2D eigenvalue weighted by molar-refractivity contribution is 0.0945. The van der Waals surface area contributed by atoms with Gasteiger partial charge in [0, 0.05) is 35.5 Å². The molecule has 4 heterocycles. The fraction of sp³-hybridized carbons (Fsp3) is 0.0833. The number of fused-ring (bicyclic) bond motifs is 1. The Labute approximate surface area is 184 Å². The number of carbonyl (C=O) groups is 1. The maximum Gasteiger partial charge on any atom is 0.196 e. The van der Waals surface area contributed by atoms with E-state index in [-0.39, 0.29) is 18.3 Å². The predicted octanol–water partition coefficient (Wildman–Crippen LogP) is 4.26. The van der Waals surface area contributed by atoms with E-state index in [1.807, 2.05) is 48.5 Å². The van der Waals surface area contributed by atoms with Crippen LogP contribution in [0.3, 0.4) is 0 Å². The number of pyridine rings is 2. The van der Waals surface area contributed by atoms with E-state index in [1.165, 1.54) is 0 Å². The summed E-state index contributed by atoms with van der Waals surface area (Å²) in [7, 11) is 0. The van der Waals surface area contributed by atoms with Crippen LogP contribution in [0.15, 0.2) is 79.4 Å². The van der Waals surface area contributed by atoms with E-state index in [0.717, 1.165) is 28.3 Å². The summed E-state index contributed by atoms with van der Waals surface area (Å²) < 4.78 is 0. The number of anilines is 3. The number of ketones is 1. The third-order valence-corrected chi connectivity index (χ3v) is 5.29. The van der Waals surface area contributed by atoms with Crippen LogP contribution in [0.4, 0.5) is 17.1 Å². The molecule has 1 aromatic carbocycles. The van der Waals surface area contributed by atoms with E-state index < -0.39 is 0 Å². The van der Waals surface area contributed by atoms with Crippen LogP contribution in [-0.2, 0) is 6.54 Å². The second-order valence-corrected chi connectivity index (χ2v) is 7.45. The summed E-state index contributed by atoms with van der Waals surface area (Å²) in [5, 5.41) is 14.9. The van der Waals surface area contributed by atoms with Crippen LogP contribution < -0.4 is 10.6 Å². The van der Waals surface area contributed by atoms with Gasteiger partial charge in [0.1, 0.15) is 0 Å². The van der Waals surface area contributed by atoms with Gasteiger partial charge in [-0.15, -0.1) is 0 Å². The molecule has 0 unspecified atom stereocenters. The molecule has 0 saturated carbocycles. The summed E-state index contributed by atoms with van der Waals surface area (Å²) in [6.07, 6.45) is 6.77. The number of hydrogen-bond acceptors (Lipinski definition) is 5. The monoisotopic (exact) mass is 423 g/mol. The largest absolute Gasteiger partial charge is 0.355 e. The average molecular weight is 423 g/mol. The highest BCUT2D eigenvalue weighted by molar-refractivity contribution is 6.10. The van der Waals surface area contributed by atoms with Crippen molar-refractivity contribution in [3.8, 4) is 11.3 Å². The Morgan fingerprint density at radius 3 is 2.47 bits per heavy atom. The van der Waals surface area contributed by atoms with Crippen molar-refractivity contribution < 1.29 is 4.79 Å². The molecule has 4 aromatic rings. The molecule has 1 aliphatic rings. The topological polar surface area (TPSA) is 110 Å². The van der Waals surface area contributed by atoms with Crippen molar-refractivity contribution >= 4 is 28.8 Å². The number of carbonyl (C=O) groups excluding carboxylic acids is 1. The second kappa shape index (κ2) is 8.35. The Hall–Kier alpha value is -4.46. The van der Waals surface area contributed by atoms with Gasteiger partial charge in [0.05, 0.1) is 41.9 Å². The van der Waals surface area contributed by atoms with E-state index >= 15 is 0 Å². The average Bonchev–Trinajstić information content (AvgIpc) is 3.19. The first kappa shape index (κ1) is 19.5. The Kier molecular flexibility index (Phi) is 5.09. The zero-order valence-electron chi connectivity index (χ0n) is 17.2. The fourth-order valence-corrected chi connectivity index (χ4v) is 3.81. The molecule has 158 valence electrons. The van der Waals surface area contributed by atoms with Gasteiger partial charge in [-0.1, -0.05) is 18.2 Å². The molecule has 8 nitrogen and oxygen atoms in total. The molecule has 8 heteroatoms. The molecule has 0 fully saturated rings. The van der Waals surface area contributed by atoms with Crippen molar-refractivity contribution in [3.63, 3.8) is 0 Å². The summed E-state index contributed by atoms with van der Waals surface area (Å²) in [6.45, 7) is 0.512. The Morgan fingerprint density at radius 2 is 1.72 bits per heavy atom. The first-order chi connectivity index (χ1) is 15.7. The summed E-state index contributed by atoms with van der Waals surface area (Å²) in [5.41, 5.74) is 5.49. The molecule has 0 saturated heterocycles. The van der Waals surface area contributed by atoms with Crippen LogP contribution in [0.2, 0.25) is 0 Å². The number of nitrogens with one attached hydrogen (secondary N) is 4. The molecule has 3 aromatic heterocycles. The van der Waals surface area contributed by atoms with Crippen LogP contribution in [0.25, 0.3) is 11.3 Å². The predicted molar refractivity (Wildman–Crippen MR) is 124 cm³/mol. The van der Waals surface area contributed by atoms with Gasteiger partial charge in [-0.3, -0.25) is 20.2 Å². The Morgan fingerprint density at radius 1 is 0.938 bits per heavy atom. The minimum Gasteiger partial charge on any atom is -0.355 e. The number of Topliss-reactive ketones (excluding diaryl/α,β-unsaturated/α-hetero) is 1. The van der Waals surface area contributed by atoms with E-state index in [1.54, 1.807) is 35.8 Å². The highest BCUT2D eigenvalue weighted by Crippen LogP contribution is 2.37. The number of aromatic nitrogens is 3. The van der Waals surface area contributed by atoms with Gasteiger partial charge < -0.3 is 20.5 Å². The lowest BCUT2D eigenvalue weighted by Gasteiger charge is -2.28. The number of H-pyrrole nitrogens is 1. The summed E-state index contributed by atoms with van der Waals surface area (Å²) in [4.78, 5) is 26.6. The third kappa shape index (κ3) is 3.81. The van der Waals surface area contributed by atoms with Crippen molar-refractivity contribution in [1.82, 2.24) is 19.9 Å². The molecule has 0 aliphatic carbocycles. The maximum atomic E-state index is 13.3. The number of aromatic amines is 1. The fourth-order valence-electron chi connectivity index (χ4n) is 3.81. The highest BCUT2D eigenvalue weighted by atomic mass is 16.1. The van der Waals surface area contributed by atoms with Gasteiger partial charge in [-0.25, -0.2) is 0 Å². The molecule has 1 aliphatic heterocycles. The normalized spacial score (nSPS) is 12.9. The molecule has 4 N–H and O–H groups in total. The number of para-hydroxylation sites is 1. The molecule has 32 heavy (non-hydrogen) atoms. The smallest absolute Gasteiger partial charge is 0.196 e. The van der Waals surface area contributed by atoms with Crippen LogP contribution in [0, 0.1) is 5.41 Å². The molecule has 0 bridgehead atoms. The second-order valence-electron chi connectivity index (χ2n) is 7.45. The van der Waals surface area contributed by atoms with Crippen LogP contribution >= 0.6 is 0 Å². The highest BCUT2D eigenvalue weighted by Gasteiger charge is 2.31. The third-order valence-electron chi connectivity index (χ3n) is 5.29. The van der Waals surface area contributed by atoms with Gasteiger partial charge >= 0.3 is 0 Å². The Bertz CT molecular complexity index is 1250. The lowest BCUT2D eigenvalue weighted by atomic mass is 10.0. The zero-order chi connectivity index (χ0) is 21.9. The van der Waals surface area contributed by atoms with Gasteiger partial charge in [0.2, 0.25) is 0 Å². The molecule has 0 atom stereocenters. The summed E-state index contributed by atoms with van der Waals surface area (Å²) in [6, 6.07) is 17.2. The van der Waals surface area contributed by atoms with Crippen molar-refractivity contribution in [2.24, 2.45) is 0 Å². The summed E-state index contributed by atoms with van der Waals surface area (Å²) in [5.74, 6) is 0.0913.